The van der Waals surface area contributed by atoms with Crippen molar-refractivity contribution in [2.45, 2.75) is 20.8 Å². The number of anilines is 2. The smallest absolute Gasteiger partial charge is 0.0488 e. The van der Waals surface area contributed by atoms with Gasteiger partial charge in [-0.2, -0.15) is 0 Å². The zero-order valence-corrected chi connectivity index (χ0v) is 24.1. The zero-order chi connectivity index (χ0) is 28.3. The number of aromatic nitrogens is 1. The van der Waals surface area contributed by atoms with Crippen LogP contribution in [-0.4, -0.2) is 12.0 Å². The van der Waals surface area contributed by atoms with E-state index in [0.717, 1.165) is 0 Å². The van der Waals surface area contributed by atoms with Crippen molar-refractivity contribution in [2.24, 2.45) is 0 Å². The molecule has 0 fully saturated rings. The summed E-state index contributed by atoms with van der Waals surface area (Å²) in [6, 6.07) is 43.7. The summed E-state index contributed by atoms with van der Waals surface area (Å²) in [4.78, 5) is 6.67. The first-order valence-electron chi connectivity index (χ1n) is 14.1. The highest BCUT2D eigenvalue weighted by Gasteiger charge is 2.17. The van der Waals surface area contributed by atoms with Gasteiger partial charge in [-0.15, -0.1) is 0 Å². The molecule has 0 atom stereocenters. The van der Waals surface area contributed by atoms with Crippen molar-refractivity contribution < 1.29 is 0 Å². The van der Waals surface area contributed by atoms with Crippen molar-refractivity contribution in [1.29, 1.82) is 0 Å². The van der Waals surface area contributed by atoms with Crippen LogP contribution in [0.2, 0.25) is 0 Å². The molecule has 200 valence electrons. The van der Waals surface area contributed by atoms with Crippen LogP contribution in [0.5, 0.6) is 0 Å². The van der Waals surface area contributed by atoms with E-state index in [1.54, 1.807) is 0 Å². The summed E-state index contributed by atoms with van der Waals surface area (Å²) in [7, 11) is 2.18. The van der Waals surface area contributed by atoms with E-state index in [0.29, 0.717) is 0 Å². The SMILES string of the molecule is Cc1ccncc1-c1ccc(-c2ccc(N(C)c3ccccc3-c3ccccc3C)c(-c3ccccc3C)c2)cc1. The van der Waals surface area contributed by atoms with Gasteiger partial charge in [0.15, 0.2) is 0 Å². The molecule has 0 N–H and O–H groups in total. The largest absolute Gasteiger partial charge is 0.344 e. The molecule has 6 rings (SSSR count). The summed E-state index contributed by atoms with van der Waals surface area (Å²) in [5.41, 5.74) is 15.8. The van der Waals surface area contributed by atoms with Crippen molar-refractivity contribution >= 4 is 11.4 Å². The molecular formula is C39H34N2. The van der Waals surface area contributed by atoms with Crippen LogP contribution in [0, 0.1) is 20.8 Å². The summed E-state index contributed by atoms with van der Waals surface area (Å²) < 4.78 is 0. The first-order chi connectivity index (χ1) is 20.0. The Morgan fingerprint density at radius 3 is 1.61 bits per heavy atom. The standard InChI is InChI=1S/C39H34N2/c1-27-11-5-7-13-33(27)35-15-9-10-16-38(35)41(4)39-22-21-32(25-36(39)34-14-8-6-12-28(34)2)30-17-19-31(20-18-30)37-26-40-24-23-29(37)3/h5-26H,1-4H3. The van der Waals surface area contributed by atoms with Crippen molar-refractivity contribution in [3.8, 4) is 44.5 Å². The maximum atomic E-state index is 4.33. The predicted octanol–water partition coefficient (Wildman–Crippen LogP) is 10.4. The summed E-state index contributed by atoms with van der Waals surface area (Å²) in [5, 5.41) is 0. The molecule has 0 radical (unpaired) electrons. The maximum absolute atomic E-state index is 4.33. The van der Waals surface area contributed by atoms with Gasteiger partial charge in [0.2, 0.25) is 0 Å². The molecule has 2 nitrogen and oxygen atoms in total. The van der Waals surface area contributed by atoms with Crippen molar-refractivity contribution in [2.75, 3.05) is 11.9 Å². The highest BCUT2D eigenvalue weighted by atomic mass is 15.1. The predicted molar refractivity (Wildman–Crippen MR) is 175 cm³/mol. The lowest BCUT2D eigenvalue weighted by atomic mass is 9.92. The third-order valence-corrected chi connectivity index (χ3v) is 8.06. The third kappa shape index (κ3) is 5.17. The zero-order valence-electron chi connectivity index (χ0n) is 24.1. The Kier molecular flexibility index (Phi) is 7.22. The molecule has 0 saturated heterocycles. The number of rotatable bonds is 6. The second kappa shape index (κ2) is 11.3. The molecule has 0 aliphatic heterocycles. The Morgan fingerprint density at radius 2 is 0.951 bits per heavy atom. The van der Waals surface area contributed by atoms with Crippen LogP contribution in [0.15, 0.2) is 134 Å². The van der Waals surface area contributed by atoms with E-state index in [9.17, 15) is 0 Å². The van der Waals surface area contributed by atoms with Gasteiger partial charge in [-0.05, 0) is 89.5 Å². The topological polar surface area (TPSA) is 16.1 Å². The van der Waals surface area contributed by atoms with Crippen molar-refractivity contribution in [1.82, 2.24) is 4.98 Å². The molecular weight excluding hydrogens is 496 g/mol. The van der Waals surface area contributed by atoms with Gasteiger partial charge >= 0.3 is 0 Å². The summed E-state index contributed by atoms with van der Waals surface area (Å²) in [6.45, 7) is 6.50. The maximum Gasteiger partial charge on any atom is 0.0488 e. The minimum absolute atomic E-state index is 1.17. The van der Waals surface area contributed by atoms with Gasteiger partial charge in [-0.3, -0.25) is 4.98 Å². The molecule has 0 amide bonds. The van der Waals surface area contributed by atoms with Gasteiger partial charge in [0.25, 0.3) is 0 Å². The Bertz CT molecular complexity index is 1830. The molecule has 6 aromatic rings. The van der Waals surface area contributed by atoms with E-state index < -0.39 is 0 Å². The minimum Gasteiger partial charge on any atom is -0.344 e. The molecule has 1 heterocycles. The summed E-state index contributed by atoms with van der Waals surface area (Å²) in [6.07, 6.45) is 3.79. The molecule has 0 saturated carbocycles. The number of aryl methyl sites for hydroxylation is 3. The van der Waals surface area contributed by atoms with Crippen molar-refractivity contribution in [3.05, 3.63) is 150 Å². The Labute approximate surface area is 243 Å². The number of pyridine rings is 1. The quantitative estimate of drug-likeness (QED) is 0.213. The minimum atomic E-state index is 1.17. The normalized spacial score (nSPS) is 10.9. The third-order valence-electron chi connectivity index (χ3n) is 8.06. The average Bonchev–Trinajstić information content (AvgIpc) is 3.01. The van der Waals surface area contributed by atoms with E-state index in [1.807, 2.05) is 12.4 Å². The van der Waals surface area contributed by atoms with Crippen LogP contribution in [0.4, 0.5) is 11.4 Å². The first kappa shape index (κ1) is 26.3. The van der Waals surface area contributed by atoms with Crippen LogP contribution in [0.1, 0.15) is 16.7 Å². The Hall–Kier alpha value is -4.95. The van der Waals surface area contributed by atoms with Gasteiger partial charge in [-0.1, -0.05) is 97.1 Å². The Morgan fingerprint density at radius 1 is 0.439 bits per heavy atom. The molecule has 0 aliphatic rings. The highest BCUT2D eigenvalue weighted by molar-refractivity contribution is 5.91. The van der Waals surface area contributed by atoms with Gasteiger partial charge < -0.3 is 4.90 Å². The fourth-order valence-electron chi connectivity index (χ4n) is 5.71. The Balaban J connectivity index is 1.46. The molecule has 41 heavy (non-hydrogen) atoms. The van der Waals surface area contributed by atoms with Gasteiger partial charge in [0.1, 0.15) is 0 Å². The molecule has 1 aromatic heterocycles. The van der Waals surface area contributed by atoms with Crippen molar-refractivity contribution in [3.63, 3.8) is 0 Å². The van der Waals surface area contributed by atoms with Gasteiger partial charge in [0, 0.05) is 47.5 Å². The van der Waals surface area contributed by atoms with Crippen LogP contribution in [-0.2, 0) is 0 Å². The van der Waals surface area contributed by atoms with Crippen LogP contribution < -0.4 is 4.90 Å². The number of hydrogen-bond donors (Lipinski definition) is 0. The fourth-order valence-corrected chi connectivity index (χ4v) is 5.71. The fraction of sp³-hybridized carbons (Fsp3) is 0.103. The lowest BCUT2D eigenvalue weighted by molar-refractivity contribution is 1.21. The molecule has 0 bridgehead atoms. The summed E-state index contributed by atoms with van der Waals surface area (Å²) in [5.74, 6) is 0. The van der Waals surface area contributed by atoms with Crippen LogP contribution in [0.3, 0.4) is 0 Å². The molecule has 2 heteroatoms. The molecule has 0 spiro atoms. The average molecular weight is 531 g/mol. The van der Waals surface area contributed by atoms with E-state index in [-0.39, 0.29) is 0 Å². The monoisotopic (exact) mass is 530 g/mol. The first-order valence-corrected chi connectivity index (χ1v) is 14.1. The molecule has 5 aromatic carbocycles. The van der Waals surface area contributed by atoms with E-state index >= 15 is 0 Å². The van der Waals surface area contributed by atoms with Gasteiger partial charge in [-0.25, -0.2) is 0 Å². The lowest BCUT2D eigenvalue weighted by Crippen LogP contribution is -2.12. The number of nitrogens with zero attached hydrogens (tertiary/aromatic N) is 2. The summed E-state index contributed by atoms with van der Waals surface area (Å²) >= 11 is 0. The molecule has 0 aliphatic carbocycles. The molecule has 0 unspecified atom stereocenters. The second-order valence-corrected chi connectivity index (χ2v) is 10.7. The van der Waals surface area contributed by atoms with E-state index in [1.165, 1.54) is 72.6 Å². The van der Waals surface area contributed by atoms with Crippen LogP contribution in [0.25, 0.3) is 44.5 Å². The van der Waals surface area contributed by atoms with E-state index in [4.69, 9.17) is 0 Å². The van der Waals surface area contributed by atoms with Gasteiger partial charge in [0.05, 0.1) is 0 Å². The van der Waals surface area contributed by atoms with Crippen LogP contribution >= 0.6 is 0 Å². The van der Waals surface area contributed by atoms with E-state index in [2.05, 4.69) is 159 Å². The lowest BCUT2D eigenvalue weighted by Gasteiger charge is -2.27. The number of para-hydroxylation sites is 1. The highest BCUT2D eigenvalue weighted by Crippen LogP contribution is 2.42. The second-order valence-electron chi connectivity index (χ2n) is 10.7. The number of benzene rings is 5. The number of hydrogen-bond acceptors (Lipinski definition) is 2.